The molecule has 1 aromatic carbocycles. The van der Waals surface area contributed by atoms with E-state index >= 15 is 0 Å². The van der Waals surface area contributed by atoms with Gasteiger partial charge in [-0.3, -0.25) is 4.90 Å². The van der Waals surface area contributed by atoms with Gasteiger partial charge in [0.15, 0.2) is 0 Å². The van der Waals surface area contributed by atoms with Crippen molar-refractivity contribution in [2.24, 2.45) is 5.73 Å². The van der Waals surface area contributed by atoms with Crippen LogP contribution in [0.15, 0.2) is 18.2 Å². The second kappa shape index (κ2) is 7.14. The molecule has 0 bridgehead atoms. The SMILES string of the molecule is CCCC1CCCCN1C(CN)c1cc(F)ccc1F. The molecule has 20 heavy (non-hydrogen) atoms. The van der Waals surface area contributed by atoms with Gasteiger partial charge in [0.05, 0.1) is 6.04 Å². The molecule has 1 saturated heterocycles. The van der Waals surface area contributed by atoms with Crippen molar-refractivity contribution in [3.63, 3.8) is 0 Å². The minimum Gasteiger partial charge on any atom is -0.329 e. The third kappa shape index (κ3) is 3.36. The predicted molar refractivity (Wildman–Crippen MR) is 77.4 cm³/mol. The highest BCUT2D eigenvalue weighted by Crippen LogP contribution is 2.31. The Balaban J connectivity index is 2.27. The second-order valence-corrected chi connectivity index (χ2v) is 5.59. The fourth-order valence-corrected chi connectivity index (χ4v) is 3.29. The van der Waals surface area contributed by atoms with E-state index in [4.69, 9.17) is 5.73 Å². The molecule has 0 aromatic heterocycles. The molecule has 112 valence electrons. The summed E-state index contributed by atoms with van der Waals surface area (Å²) in [4.78, 5) is 2.28. The van der Waals surface area contributed by atoms with E-state index in [2.05, 4.69) is 11.8 Å². The molecule has 0 radical (unpaired) electrons. The smallest absolute Gasteiger partial charge is 0.128 e. The van der Waals surface area contributed by atoms with Crippen LogP contribution >= 0.6 is 0 Å². The molecule has 4 heteroatoms. The Hall–Kier alpha value is -1.00. The van der Waals surface area contributed by atoms with Gasteiger partial charge in [-0.05, 0) is 44.0 Å². The molecule has 1 fully saturated rings. The highest BCUT2D eigenvalue weighted by Gasteiger charge is 2.30. The van der Waals surface area contributed by atoms with Crippen molar-refractivity contribution in [1.82, 2.24) is 4.90 Å². The zero-order chi connectivity index (χ0) is 14.5. The largest absolute Gasteiger partial charge is 0.329 e. The minimum absolute atomic E-state index is 0.220. The Kier molecular flexibility index (Phi) is 5.49. The lowest BCUT2D eigenvalue weighted by atomic mass is 9.93. The van der Waals surface area contributed by atoms with Crippen molar-refractivity contribution in [1.29, 1.82) is 0 Å². The number of benzene rings is 1. The summed E-state index contributed by atoms with van der Waals surface area (Å²) in [6.07, 6.45) is 5.64. The Bertz CT molecular complexity index is 434. The molecule has 0 saturated carbocycles. The normalized spacial score (nSPS) is 21.9. The molecular weight excluding hydrogens is 258 g/mol. The maximum atomic E-state index is 14.0. The average molecular weight is 282 g/mol. The standard InChI is InChI=1S/C16H24F2N2/c1-2-5-13-6-3-4-9-20(13)16(11-19)14-10-12(17)7-8-15(14)18/h7-8,10,13,16H,2-6,9,11,19H2,1H3. The third-order valence-electron chi connectivity index (χ3n) is 4.24. The lowest BCUT2D eigenvalue weighted by Crippen LogP contribution is -2.44. The number of likely N-dealkylation sites (tertiary alicyclic amines) is 1. The van der Waals surface area contributed by atoms with Crippen LogP contribution in [0, 0.1) is 11.6 Å². The molecule has 1 aromatic rings. The van der Waals surface area contributed by atoms with Crippen LogP contribution in [0.1, 0.15) is 50.6 Å². The summed E-state index contributed by atoms with van der Waals surface area (Å²) in [6, 6.07) is 3.87. The van der Waals surface area contributed by atoms with Gasteiger partial charge in [0, 0.05) is 18.2 Å². The Morgan fingerprint density at radius 1 is 1.35 bits per heavy atom. The summed E-state index contributed by atoms with van der Waals surface area (Å²) in [5, 5.41) is 0. The van der Waals surface area contributed by atoms with Crippen molar-refractivity contribution < 1.29 is 8.78 Å². The van der Waals surface area contributed by atoms with Crippen molar-refractivity contribution in [3.05, 3.63) is 35.4 Å². The number of rotatable bonds is 5. The Morgan fingerprint density at radius 3 is 2.85 bits per heavy atom. The van der Waals surface area contributed by atoms with E-state index in [-0.39, 0.29) is 11.9 Å². The molecule has 2 unspecified atom stereocenters. The summed E-state index contributed by atoms with van der Waals surface area (Å²) in [7, 11) is 0. The Morgan fingerprint density at radius 2 is 2.15 bits per heavy atom. The van der Waals surface area contributed by atoms with Gasteiger partial charge in [0.25, 0.3) is 0 Å². The Labute approximate surface area is 120 Å². The summed E-state index contributed by atoms with van der Waals surface area (Å²) in [6.45, 7) is 3.40. The third-order valence-corrected chi connectivity index (χ3v) is 4.24. The molecule has 0 spiro atoms. The topological polar surface area (TPSA) is 29.3 Å². The molecule has 2 nitrogen and oxygen atoms in total. The number of halogens is 2. The van der Waals surface area contributed by atoms with Gasteiger partial charge < -0.3 is 5.73 Å². The zero-order valence-corrected chi connectivity index (χ0v) is 12.1. The van der Waals surface area contributed by atoms with E-state index in [1.807, 2.05) is 0 Å². The number of nitrogens with zero attached hydrogens (tertiary/aromatic N) is 1. The van der Waals surface area contributed by atoms with Gasteiger partial charge in [-0.15, -0.1) is 0 Å². The minimum atomic E-state index is -0.399. The summed E-state index contributed by atoms with van der Waals surface area (Å²) >= 11 is 0. The number of nitrogens with two attached hydrogens (primary N) is 1. The lowest BCUT2D eigenvalue weighted by Gasteiger charge is -2.41. The highest BCUT2D eigenvalue weighted by molar-refractivity contribution is 5.23. The number of hydrogen-bond donors (Lipinski definition) is 1. The molecule has 0 aliphatic carbocycles. The lowest BCUT2D eigenvalue weighted by molar-refractivity contribution is 0.0893. The molecule has 2 N–H and O–H groups in total. The molecule has 1 heterocycles. The van der Waals surface area contributed by atoms with Crippen LogP contribution < -0.4 is 5.73 Å². The maximum Gasteiger partial charge on any atom is 0.128 e. The van der Waals surface area contributed by atoms with Gasteiger partial charge in [-0.1, -0.05) is 19.8 Å². The van der Waals surface area contributed by atoms with Crippen LogP contribution in [-0.2, 0) is 0 Å². The van der Waals surface area contributed by atoms with Crippen LogP contribution in [0.4, 0.5) is 8.78 Å². The van der Waals surface area contributed by atoms with Crippen LogP contribution in [0.25, 0.3) is 0 Å². The van der Waals surface area contributed by atoms with E-state index in [0.29, 0.717) is 18.2 Å². The van der Waals surface area contributed by atoms with E-state index in [1.54, 1.807) is 0 Å². The van der Waals surface area contributed by atoms with Crippen LogP contribution in [-0.4, -0.2) is 24.0 Å². The first-order valence-corrected chi connectivity index (χ1v) is 7.58. The molecule has 1 aliphatic heterocycles. The van der Waals surface area contributed by atoms with Crippen molar-refractivity contribution in [3.8, 4) is 0 Å². The quantitative estimate of drug-likeness (QED) is 0.893. The van der Waals surface area contributed by atoms with Crippen molar-refractivity contribution in [2.45, 2.75) is 51.1 Å². The fraction of sp³-hybridized carbons (Fsp3) is 0.625. The number of piperidine rings is 1. The van der Waals surface area contributed by atoms with Gasteiger partial charge in [0.2, 0.25) is 0 Å². The van der Waals surface area contributed by atoms with E-state index in [9.17, 15) is 8.78 Å². The molecule has 2 atom stereocenters. The number of hydrogen-bond acceptors (Lipinski definition) is 2. The molecule has 0 amide bonds. The van der Waals surface area contributed by atoms with Gasteiger partial charge in [-0.25, -0.2) is 8.78 Å². The van der Waals surface area contributed by atoms with E-state index in [1.165, 1.54) is 18.6 Å². The highest BCUT2D eigenvalue weighted by atomic mass is 19.1. The van der Waals surface area contributed by atoms with E-state index < -0.39 is 5.82 Å². The van der Waals surface area contributed by atoms with Gasteiger partial charge >= 0.3 is 0 Å². The molecule has 2 rings (SSSR count). The molecule has 1 aliphatic rings. The summed E-state index contributed by atoms with van der Waals surface area (Å²) in [5.41, 5.74) is 6.28. The predicted octanol–water partition coefficient (Wildman–Crippen LogP) is 3.62. The fourth-order valence-electron chi connectivity index (χ4n) is 3.29. The molecular formula is C16H24F2N2. The zero-order valence-electron chi connectivity index (χ0n) is 12.1. The van der Waals surface area contributed by atoms with Crippen LogP contribution in [0.5, 0.6) is 0 Å². The maximum absolute atomic E-state index is 14.0. The second-order valence-electron chi connectivity index (χ2n) is 5.59. The summed E-state index contributed by atoms with van der Waals surface area (Å²) in [5.74, 6) is -0.758. The van der Waals surface area contributed by atoms with Crippen molar-refractivity contribution >= 4 is 0 Å². The van der Waals surface area contributed by atoms with Gasteiger partial charge in [0.1, 0.15) is 11.6 Å². The first kappa shape index (κ1) is 15.4. The van der Waals surface area contributed by atoms with Crippen LogP contribution in [0.2, 0.25) is 0 Å². The average Bonchev–Trinajstić information content (AvgIpc) is 2.45. The van der Waals surface area contributed by atoms with Crippen molar-refractivity contribution in [2.75, 3.05) is 13.1 Å². The summed E-state index contributed by atoms with van der Waals surface area (Å²) < 4.78 is 27.5. The first-order chi connectivity index (χ1) is 9.67. The first-order valence-electron chi connectivity index (χ1n) is 7.58. The monoisotopic (exact) mass is 282 g/mol. The van der Waals surface area contributed by atoms with E-state index in [0.717, 1.165) is 38.3 Å². The van der Waals surface area contributed by atoms with Crippen LogP contribution in [0.3, 0.4) is 0 Å². The van der Waals surface area contributed by atoms with Gasteiger partial charge in [-0.2, -0.15) is 0 Å².